The number of nitrogens with one attached hydrogen (secondary N) is 3. The molecule has 0 bridgehead atoms. The minimum Gasteiger partial charge on any atom is -0.479 e. The minimum absolute atomic E-state index is 0. The zero-order valence-corrected chi connectivity index (χ0v) is 23.6. The maximum atomic E-state index is 13.8. The van der Waals surface area contributed by atoms with Gasteiger partial charge in [0.2, 0.25) is 17.5 Å². The van der Waals surface area contributed by atoms with E-state index in [0.29, 0.717) is 0 Å². The van der Waals surface area contributed by atoms with E-state index in [1.54, 1.807) is 0 Å². The van der Waals surface area contributed by atoms with Crippen LogP contribution in [0.4, 0.5) is 27.6 Å². The average molecular weight is 689 g/mol. The summed E-state index contributed by atoms with van der Waals surface area (Å²) in [5.41, 5.74) is -0.0595. The van der Waals surface area contributed by atoms with E-state index in [1.165, 1.54) is 30.8 Å². The van der Waals surface area contributed by atoms with E-state index >= 15 is 0 Å². The summed E-state index contributed by atoms with van der Waals surface area (Å²) < 4.78 is 72.6. The Morgan fingerprint density at radius 1 is 0.952 bits per heavy atom. The average Bonchev–Trinajstić information content (AvgIpc) is 3.45. The molecule has 0 unspecified atom stereocenters. The second-order valence-corrected chi connectivity index (χ2v) is 8.21. The van der Waals surface area contributed by atoms with Gasteiger partial charge in [0.15, 0.2) is 23.2 Å². The molecular weight excluding hydrogens is 664 g/mol. The Labute approximate surface area is 250 Å². The van der Waals surface area contributed by atoms with E-state index < -0.39 is 77.5 Å². The Balaban J connectivity index is 0.00000211. The molecule has 230 valence electrons. The molecule has 10 nitrogen and oxygen atoms in total. The molecule has 1 atom stereocenters. The Hall–Kier alpha value is -4.16. The number of Topliss-reactive ketones (excluding diaryl/α,β-unsaturated/α-hetero) is 1. The van der Waals surface area contributed by atoms with Crippen molar-refractivity contribution in [1.29, 1.82) is 0 Å². The number of hydrogen-bond donors (Lipinski definition) is 3. The van der Waals surface area contributed by atoms with Crippen molar-refractivity contribution in [2.75, 3.05) is 18.5 Å². The number of aromatic nitrogens is 2. The number of imidazole rings is 1. The third kappa shape index (κ3) is 10.7. The van der Waals surface area contributed by atoms with Crippen LogP contribution in [0.2, 0.25) is 0 Å². The van der Waals surface area contributed by atoms with Gasteiger partial charge in [0.05, 0.1) is 18.3 Å². The first-order chi connectivity index (χ1) is 19.5. The quantitative estimate of drug-likeness (QED) is 0.129. The molecule has 0 saturated carbocycles. The van der Waals surface area contributed by atoms with Crippen molar-refractivity contribution < 1.29 is 66.3 Å². The van der Waals surface area contributed by atoms with Gasteiger partial charge < -0.3 is 30.7 Å². The predicted molar refractivity (Wildman–Crippen MR) is 134 cm³/mol. The van der Waals surface area contributed by atoms with Crippen LogP contribution in [0.3, 0.4) is 0 Å². The van der Waals surface area contributed by atoms with Crippen molar-refractivity contribution in [3.8, 4) is 5.75 Å². The van der Waals surface area contributed by atoms with Gasteiger partial charge in [0.1, 0.15) is 12.4 Å². The number of carbonyl (C=O) groups excluding carboxylic acids is 4. The number of ketones is 1. The second-order valence-electron chi connectivity index (χ2n) is 8.21. The van der Waals surface area contributed by atoms with E-state index in [-0.39, 0.29) is 44.3 Å². The first-order valence-corrected chi connectivity index (χ1v) is 12.0. The first kappa shape index (κ1) is 35.9. The van der Waals surface area contributed by atoms with Crippen LogP contribution in [0.5, 0.6) is 5.75 Å². The summed E-state index contributed by atoms with van der Waals surface area (Å²) in [5, 5.41) is 6.20. The fourth-order valence-electron chi connectivity index (χ4n) is 2.97. The van der Waals surface area contributed by atoms with Crippen molar-refractivity contribution in [1.82, 2.24) is 20.6 Å². The summed E-state index contributed by atoms with van der Waals surface area (Å²) in [4.78, 5) is 56.4. The van der Waals surface area contributed by atoms with Gasteiger partial charge in [-0.25, -0.2) is 13.2 Å². The van der Waals surface area contributed by atoms with Gasteiger partial charge in [-0.15, -0.1) is 0 Å². The standard InChI is InChI=1S/C23H18F5N5O5.C3H8.Pd/c24-12-3-1-2-4-15(12)33-23(37)22(36)30-8-18(35)32-16(5-11-7-29-10-31-11)17(34)9-38-21-19(27)13(25)6-14(26)20(21)28;1-3-2;/h1-4,6-7,10,16H,5,8-9H2,(H4,29,30,31,32,33,35,36,37);3H2,1-2H3;/p-1/t16-;;/m0../s1. The molecule has 1 aromatic heterocycles. The number of rotatable bonds is 10. The Kier molecular flexibility index (Phi) is 15.0. The molecule has 0 aliphatic carbocycles. The molecule has 16 heteroatoms. The van der Waals surface area contributed by atoms with Gasteiger partial charge in [-0.3, -0.25) is 19.2 Å². The molecule has 2 aromatic carbocycles. The fraction of sp³-hybridized carbons (Fsp3) is 0.269. The summed E-state index contributed by atoms with van der Waals surface area (Å²) in [6.07, 6.45) is 3.37. The van der Waals surface area contributed by atoms with Crippen LogP contribution in [-0.2, 0) is 46.0 Å². The van der Waals surface area contributed by atoms with Crippen LogP contribution in [0.15, 0.2) is 42.9 Å². The molecule has 42 heavy (non-hydrogen) atoms. The zero-order valence-electron chi connectivity index (χ0n) is 22.1. The van der Waals surface area contributed by atoms with Gasteiger partial charge in [0, 0.05) is 26.5 Å². The maximum Gasteiger partial charge on any atom is 0.313 e. The Morgan fingerprint density at radius 2 is 1.57 bits per heavy atom. The molecule has 0 fully saturated rings. The summed E-state index contributed by atoms with van der Waals surface area (Å²) in [6.45, 7) is 2.33. The molecule has 0 spiro atoms. The molecule has 0 radical (unpaired) electrons. The largest absolute Gasteiger partial charge is 0.479 e. The molecule has 0 saturated heterocycles. The number of ether oxygens (including phenoxy) is 1. The van der Waals surface area contributed by atoms with Crippen molar-refractivity contribution >= 4 is 29.2 Å². The van der Waals surface area contributed by atoms with Crippen molar-refractivity contribution in [2.24, 2.45) is 0 Å². The normalized spacial score (nSPS) is 10.7. The van der Waals surface area contributed by atoms with Crippen molar-refractivity contribution in [3.05, 3.63) is 77.6 Å². The number of hydrogen-bond acceptors (Lipinski definition) is 6. The van der Waals surface area contributed by atoms with Gasteiger partial charge in [-0.05, 0) is 18.6 Å². The van der Waals surface area contributed by atoms with E-state index in [2.05, 4.69) is 33.9 Å². The van der Waals surface area contributed by atoms with Crippen LogP contribution in [-0.4, -0.2) is 47.7 Å². The Bertz CT molecular complexity index is 1350. The predicted octanol–water partition coefficient (Wildman–Crippen LogP) is 2.58. The van der Waals surface area contributed by atoms with Gasteiger partial charge in [-0.2, -0.15) is 8.78 Å². The number of anilines is 1. The molecule has 3 rings (SSSR count). The van der Waals surface area contributed by atoms with Crippen LogP contribution >= 0.6 is 0 Å². The molecule has 0 aliphatic rings. The van der Waals surface area contributed by atoms with E-state index in [9.17, 15) is 41.1 Å². The summed E-state index contributed by atoms with van der Waals surface area (Å²) >= 11 is 0. The summed E-state index contributed by atoms with van der Waals surface area (Å²) in [6, 6.07) is 3.54. The molecule has 1 heterocycles. The van der Waals surface area contributed by atoms with Gasteiger partial charge >= 0.3 is 11.8 Å². The van der Waals surface area contributed by atoms with Crippen LogP contribution in [0.25, 0.3) is 0 Å². The fourth-order valence-corrected chi connectivity index (χ4v) is 2.97. The number of carbonyl (C=O) groups is 4. The van der Waals surface area contributed by atoms with E-state index in [0.717, 1.165) is 12.4 Å². The monoisotopic (exact) mass is 688 g/mol. The van der Waals surface area contributed by atoms with Crippen LogP contribution in [0, 0.1) is 29.1 Å². The molecule has 3 aromatic rings. The molecule has 3 amide bonds. The zero-order chi connectivity index (χ0) is 30.5. The third-order valence-electron chi connectivity index (χ3n) is 4.82. The van der Waals surface area contributed by atoms with Gasteiger partial charge in [-0.1, -0.05) is 50.6 Å². The SMILES string of the molecule is CCC.O=C(CNC(=O)C(=O)Nc1ccccc1F)N[C@@H](Cc1cnc[n-]1)C(=O)COc1c(F)c(F)cc(F)c1F.[Pd]. The second kappa shape index (κ2) is 17.6. The topological polar surface area (TPSA) is 141 Å². The van der Waals surface area contributed by atoms with Crippen LogP contribution < -0.4 is 25.7 Å². The van der Waals surface area contributed by atoms with Crippen LogP contribution in [0.1, 0.15) is 26.0 Å². The first-order valence-electron chi connectivity index (χ1n) is 12.0. The summed E-state index contributed by atoms with van der Waals surface area (Å²) in [7, 11) is 0. The molecule has 3 N–H and O–H groups in total. The molecule has 0 aliphatic heterocycles. The number of para-hydroxylation sites is 1. The Morgan fingerprint density at radius 3 is 2.14 bits per heavy atom. The minimum atomic E-state index is -1.87. The number of halogens is 5. The maximum absolute atomic E-state index is 13.8. The van der Waals surface area contributed by atoms with E-state index in [4.69, 9.17) is 0 Å². The van der Waals surface area contributed by atoms with E-state index in [1.807, 2.05) is 10.6 Å². The third-order valence-corrected chi connectivity index (χ3v) is 4.82. The van der Waals surface area contributed by atoms with Crippen molar-refractivity contribution in [2.45, 2.75) is 32.7 Å². The summed E-state index contributed by atoms with van der Waals surface area (Å²) in [5.74, 6) is -14.0. The molecular formula is C26H25F5N5O5Pd-. The number of amides is 3. The number of nitrogens with zero attached hydrogens (tertiary/aromatic N) is 2. The smallest absolute Gasteiger partial charge is 0.313 e. The van der Waals surface area contributed by atoms with Crippen molar-refractivity contribution in [3.63, 3.8) is 0 Å². The number of benzene rings is 2. The van der Waals surface area contributed by atoms with Gasteiger partial charge in [0.25, 0.3) is 0 Å².